The molecule has 1 atom stereocenters. The van der Waals surface area contributed by atoms with Gasteiger partial charge in [-0.3, -0.25) is 0 Å². The van der Waals surface area contributed by atoms with Crippen LogP contribution in [-0.2, 0) is 10.0 Å². The Hall–Kier alpha value is -1.50. The lowest BCUT2D eigenvalue weighted by Gasteiger charge is -2.41. The number of rotatable bonds is 6. The number of hydrogen-bond donors (Lipinski definition) is 1. The van der Waals surface area contributed by atoms with E-state index in [2.05, 4.69) is 18.6 Å². The molecule has 0 aliphatic carbocycles. The van der Waals surface area contributed by atoms with Crippen molar-refractivity contribution in [2.45, 2.75) is 54.5 Å². The monoisotopic (exact) mass is 391 g/mol. The number of para-hydroxylation sites is 1. The first kappa shape index (κ1) is 19.3. The van der Waals surface area contributed by atoms with E-state index in [9.17, 15) is 8.42 Å². The second kappa shape index (κ2) is 7.62. The van der Waals surface area contributed by atoms with Gasteiger partial charge in [0.25, 0.3) is 0 Å². The minimum Gasteiger partial charge on any atom is -0.487 e. The van der Waals surface area contributed by atoms with Gasteiger partial charge < -0.3 is 4.74 Å². The molecule has 1 heterocycles. The molecule has 2 aromatic carbocycles. The second-order valence-corrected chi connectivity index (χ2v) is 9.18. The highest BCUT2D eigenvalue weighted by molar-refractivity contribution is 7.98. The summed E-state index contributed by atoms with van der Waals surface area (Å²) in [6.45, 7) is 4.17. The largest absolute Gasteiger partial charge is 0.487 e. The lowest BCUT2D eigenvalue weighted by atomic mass is 9.84. The molecule has 1 unspecified atom stereocenters. The standard InChI is InChI=1S/C20H25NO3S2/c1-4-20(5-2)14-18(17-8-6-7-9-19(17)24-20)21-26(22,23)16-12-10-15(25-3)11-13-16/h6-13,18,21H,4-5,14H2,1-3H3. The van der Waals surface area contributed by atoms with Gasteiger partial charge in [-0.15, -0.1) is 11.8 Å². The molecule has 4 nitrogen and oxygen atoms in total. The third kappa shape index (κ3) is 3.77. The minimum absolute atomic E-state index is 0.290. The quantitative estimate of drug-likeness (QED) is 0.721. The molecule has 140 valence electrons. The fraction of sp³-hybridized carbons (Fsp3) is 0.400. The normalized spacial score (nSPS) is 18.8. The fourth-order valence-corrected chi connectivity index (χ4v) is 5.04. The summed E-state index contributed by atoms with van der Waals surface area (Å²) in [5, 5.41) is 0. The number of ether oxygens (including phenoxy) is 1. The highest BCUT2D eigenvalue weighted by atomic mass is 32.2. The molecule has 0 fully saturated rings. The van der Waals surface area contributed by atoms with Crippen molar-refractivity contribution in [3.8, 4) is 5.75 Å². The van der Waals surface area contributed by atoms with Crippen LogP contribution in [0.25, 0.3) is 0 Å². The highest BCUT2D eigenvalue weighted by Gasteiger charge is 2.39. The molecule has 0 bridgehead atoms. The van der Waals surface area contributed by atoms with Crippen LogP contribution < -0.4 is 9.46 Å². The molecule has 0 aromatic heterocycles. The second-order valence-electron chi connectivity index (χ2n) is 6.58. The summed E-state index contributed by atoms with van der Waals surface area (Å²) in [5.74, 6) is 0.771. The van der Waals surface area contributed by atoms with E-state index in [1.54, 1.807) is 23.9 Å². The molecule has 0 amide bonds. The van der Waals surface area contributed by atoms with E-state index in [4.69, 9.17) is 4.74 Å². The van der Waals surface area contributed by atoms with Gasteiger partial charge >= 0.3 is 0 Å². The first-order valence-electron chi connectivity index (χ1n) is 8.87. The van der Waals surface area contributed by atoms with Crippen LogP contribution in [0.5, 0.6) is 5.75 Å². The SMILES string of the molecule is CCC1(CC)CC(NS(=O)(=O)c2ccc(SC)cc2)c2ccccc2O1. The topological polar surface area (TPSA) is 55.4 Å². The van der Waals surface area contributed by atoms with Crippen LogP contribution in [0.3, 0.4) is 0 Å². The van der Waals surface area contributed by atoms with Crippen molar-refractivity contribution in [1.29, 1.82) is 0 Å². The van der Waals surface area contributed by atoms with Gasteiger partial charge in [0.2, 0.25) is 10.0 Å². The van der Waals surface area contributed by atoms with Crippen molar-refractivity contribution in [1.82, 2.24) is 4.72 Å². The van der Waals surface area contributed by atoms with Crippen LogP contribution in [0.1, 0.15) is 44.7 Å². The van der Waals surface area contributed by atoms with Gasteiger partial charge in [-0.05, 0) is 49.4 Å². The highest BCUT2D eigenvalue weighted by Crippen LogP contribution is 2.43. The number of thioether (sulfide) groups is 1. The van der Waals surface area contributed by atoms with Crippen molar-refractivity contribution >= 4 is 21.8 Å². The third-order valence-corrected chi connectivity index (χ3v) is 7.38. The summed E-state index contributed by atoms with van der Waals surface area (Å²) in [4.78, 5) is 1.33. The average molecular weight is 392 g/mol. The lowest BCUT2D eigenvalue weighted by molar-refractivity contribution is 0.0260. The van der Waals surface area contributed by atoms with E-state index in [1.807, 2.05) is 42.7 Å². The fourth-order valence-electron chi connectivity index (χ4n) is 3.42. The van der Waals surface area contributed by atoms with Gasteiger partial charge in [-0.1, -0.05) is 32.0 Å². The predicted octanol–water partition coefficient (Wildman–Crippen LogP) is 4.77. The van der Waals surface area contributed by atoms with Gasteiger partial charge in [-0.25, -0.2) is 13.1 Å². The molecule has 0 radical (unpaired) electrons. The van der Waals surface area contributed by atoms with Gasteiger partial charge in [0.1, 0.15) is 11.4 Å². The smallest absolute Gasteiger partial charge is 0.241 e. The molecule has 1 N–H and O–H groups in total. The van der Waals surface area contributed by atoms with Crippen molar-refractivity contribution < 1.29 is 13.2 Å². The van der Waals surface area contributed by atoms with Gasteiger partial charge in [0.05, 0.1) is 10.9 Å². The zero-order valence-electron chi connectivity index (χ0n) is 15.4. The Morgan fingerprint density at radius 2 is 1.77 bits per heavy atom. The zero-order valence-corrected chi connectivity index (χ0v) is 17.0. The van der Waals surface area contributed by atoms with E-state index in [1.165, 1.54) is 0 Å². The summed E-state index contributed by atoms with van der Waals surface area (Å²) in [6.07, 6.45) is 4.26. The number of fused-ring (bicyclic) bond motifs is 1. The molecule has 1 aliphatic heterocycles. The Labute approximate surface area is 160 Å². The summed E-state index contributed by atoms with van der Waals surface area (Å²) in [6, 6.07) is 14.4. The van der Waals surface area contributed by atoms with E-state index in [-0.39, 0.29) is 16.5 Å². The molecule has 2 aromatic rings. The van der Waals surface area contributed by atoms with Crippen molar-refractivity contribution in [3.05, 3.63) is 54.1 Å². The van der Waals surface area contributed by atoms with Gasteiger partial charge in [-0.2, -0.15) is 0 Å². The molecular weight excluding hydrogens is 366 g/mol. The lowest BCUT2D eigenvalue weighted by Crippen LogP contribution is -2.44. The summed E-state index contributed by atoms with van der Waals surface area (Å²) in [7, 11) is -3.61. The third-order valence-electron chi connectivity index (χ3n) is 5.15. The molecule has 26 heavy (non-hydrogen) atoms. The van der Waals surface area contributed by atoms with Crippen LogP contribution in [0, 0.1) is 0 Å². The molecule has 0 spiro atoms. The van der Waals surface area contributed by atoms with Crippen LogP contribution in [0.15, 0.2) is 58.3 Å². The van der Waals surface area contributed by atoms with Crippen molar-refractivity contribution in [2.24, 2.45) is 0 Å². The number of sulfonamides is 1. The van der Waals surface area contributed by atoms with Crippen LogP contribution in [0.2, 0.25) is 0 Å². The predicted molar refractivity (Wildman–Crippen MR) is 106 cm³/mol. The van der Waals surface area contributed by atoms with Gasteiger partial charge in [0.15, 0.2) is 0 Å². The molecule has 3 rings (SSSR count). The van der Waals surface area contributed by atoms with E-state index >= 15 is 0 Å². The Bertz CT molecular complexity index is 859. The van der Waals surface area contributed by atoms with Crippen LogP contribution in [0.4, 0.5) is 0 Å². The maximum Gasteiger partial charge on any atom is 0.241 e. The summed E-state index contributed by atoms with van der Waals surface area (Å²) in [5.41, 5.74) is 0.555. The van der Waals surface area contributed by atoms with Crippen molar-refractivity contribution in [2.75, 3.05) is 6.26 Å². The zero-order chi connectivity index (χ0) is 18.8. The first-order chi connectivity index (χ1) is 12.4. The number of benzene rings is 2. The molecule has 6 heteroatoms. The van der Waals surface area contributed by atoms with Crippen LogP contribution in [-0.4, -0.2) is 20.3 Å². The Balaban J connectivity index is 1.94. The van der Waals surface area contributed by atoms with E-state index in [0.717, 1.165) is 29.1 Å². The maximum atomic E-state index is 12.9. The summed E-state index contributed by atoms with van der Waals surface area (Å²) >= 11 is 1.59. The van der Waals surface area contributed by atoms with E-state index < -0.39 is 10.0 Å². The average Bonchev–Trinajstić information content (AvgIpc) is 2.67. The Morgan fingerprint density at radius 3 is 2.38 bits per heavy atom. The van der Waals surface area contributed by atoms with Crippen LogP contribution >= 0.6 is 11.8 Å². The molecule has 0 saturated heterocycles. The van der Waals surface area contributed by atoms with E-state index in [0.29, 0.717) is 6.42 Å². The molecule has 1 aliphatic rings. The molecular formula is C20H25NO3S2. The number of hydrogen-bond acceptors (Lipinski definition) is 4. The Kier molecular flexibility index (Phi) is 5.65. The maximum absolute atomic E-state index is 12.9. The Morgan fingerprint density at radius 1 is 1.12 bits per heavy atom. The summed E-state index contributed by atoms with van der Waals surface area (Å²) < 4.78 is 35.1. The minimum atomic E-state index is -3.61. The molecule has 0 saturated carbocycles. The van der Waals surface area contributed by atoms with Gasteiger partial charge in [0, 0.05) is 16.9 Å². The first-order valence-corrected chi connectivity index (χ1v) is 11.6. The number of nitrogens with one attached hydrogen (secondary N) is 1. The van der Waals surface area contributed by atoms with Crippen molar-refractivity contribution in [3.63, 3.8) is 0 Å².